The van der Waals surface area contributed by atoms with Crippen LogP contribution in [0.1, 0.15) is 24.0 Å². The molecule has 0 saturated carbocycles. The van der Waals surface area contributed by atoms with Gasteiger partial charge in [-0.3, -0.25) is 0 Å². The Morgan fingerprint density at radius 1 is 1.45 bits per heavy atom. The summed E-state index contributed by atoms with van der Waals surface area (Å²) in [4.78, 5) is 0.237. The van der Waals surface area contributed by atoms with E-state index in [2.05, 4.69) is 4.72 Å². The van der Waals surface area contributed by atoms with Crippen molar-refractivity contribution in [3.8, 4) is 0 Å². The summed E-state index contributed by atoms with van der Waals surface area (Å²) in [6, 6.07) is 4.96. The molecule has 0 bridgehead atoms. The average molecular weight is 299 g/mol. The molecule has 1 aromatic carbocycles. The summed E-state index contributed by atoms with van der Waals surface area (Å²) in [5, 5.41) is 9.12. The van der Waals surface area contributed by atoms with Gasteiger partial charge in [0, 0.05) is 13.2 Å². The fourth-order valence-corrected chi connectivity index (χ4v) is 3.72. The van der Waals surface area contributed by atoms with Crippen LogP contribution < -0.4 is 4.72 Å². The van der Waals surface area contributed by atoms with Gasteiger partial charge in [-0.1, -0.05) is 12.1 Å². The Morgan fingerprint density at radius 2 is 2.25 bits per heavy atom. The first kappa shape index (κ1) is 15.4. The molecule has 1 aromatic rings. The highest BCUT2D eigenvalue weighted by atomic mass is 32.2. The molecule has 20 heavy (non-hydrogen) atoms. The van der Waals surface area contributed by atoms with Crippen molar-refractivity contribution in [3.63, 3.8) is 0 Å². The van der Waals surface area contributed by atoms with E-state index in [0.29, 0.717) is 24.3 Å². The zero-order chi connectivity index (χ0) is 14.6. The van der Waals surface area contributed by atoms with Gasteiger partial charge in [-0.2, -0.15) is 0 Å². The molecule has 1 fully saturated rings. The number of rotatable bonds is 5. The third-order valence-electron chi connectivity index (χ3n) is 3.54. The topological polar surface area (TPSA) is 75.6 Å². The predicted molar refractivity (Wildman–Crippen MR) is 75.8 cm³/mol. The van der Waals surface area contributed by atoms with Crippen molar-refractivity contribution in [2.24, 2.45) is 5.92 Å². The van der Waals surface area contributed by atoms with Crippen molar-refractivity contribution < 1.29 is 18.3 Å². The van der Waals surface area contributed by atoms with Crippen molar-refractivity contribution in [2.75, 3.05) is 19.8 Å². The summed E-state index contributed by atoms with van der Waals surface area (Å²) in [6.07, 6.45) is 1.96. The Balaban J connectivity index is 2.09. The van der Waals surface area contributed by atoms with Crippen molar-refractivity contribution in [1.82, 2.24) is 4.72 Å². The first-order chi connectivity index (χ1) is 9.53. The second-order valence-electron chi connectivity index (χ2n) is 5.19. The van der Waals surface area contributed by atoms with Gasteiger partial charge < -0.3 is 9.84 Å². The molecule has 1 heterocycles. The molecule has 2 rings (SSSR count). The molecule has 1 saturated heterocycles. The van der Waals surface area contributed by atoms with E-state index >= 15 is 0 Å². The highest BCUT2D eigenvalue weighted by molar-refractivity contribution is 7.89. The number of aliphatic hydroxyl groups excluding tert-OH is 1. The minimum Gasteiger partial charge on any atom is -0.392 e. The number of hydrogen-bond acceptors (Lipinski definition) is 4. The summed E-state index contributed by atoms with van der Waals surface area (Å²) in [5.74, 6) is 0.236. The minimum atomic E-state index is -3.54. The van der Waals surface area contributed by atoms with Gasteiger partial charge in [-0.25, -0.2) is 13.1 Å². The first-order valence-corrected chi connectivity index (χ1v) is 8.29. The molecule has 1 aliphatic rings. The molecule has 2 N–H and O–H groups in total. The van der Waals surface area contributed by atoms with Crippen molar-refractivity contribution in [3.05, 3.63) is 29.3 Å². The zero-order valence-corrected chi connectivity index (χ0v) is 12.4. The molecule has 1 unspecified atom stereocenters. The molecule has 112 valence electrons. The van der Waals surface area contributed by atoms with Crippen LogP contribution in [0.25, 0.3) is 0 Å². The summed E-state index contributed by atoms with van der Waals surface area (Å²) < 4.78 is 32.7. The molecule has 1 atom stereocenters. The number of nitrogens with one attached hydrogen (secondary N) is 1. The molecule has 0 aromatic heterocycles. The van der Waals surface area contributed by atoms with E-state index < -0.39 is 10.0 Å². The summed E-state index contributed by atoms with van der Waals surface area (Å²) in [5.41, 5.74) is 1.27. The fourth-order valence-electron chi connectivity index (χ4n) is 2.31. The molecule has 0 aliphatic carbocycles. The van der Waals surface area contributed by atoms with Crippen LogP contribution in [0, 0.1) is 12.8 Å². The van der Waals surface area contributed by atoms with E-state index in [1.807, 2.05) is 0 Å². The normalized spacial score (nSPS) is 20.0. The van der Waals surface area contributed by atoms with Crippen LogP contribution in [0.4, 0.5) is 0 Å². The van der Waals surface area contributed by atoms with Crippen LogP contribution in [0.2, 0.25) is 0 Å². The van der Waals surface area contributed by atoms with Crippen LogP contribution in [0.5, 0.6) is 0 Å². The maximum atomic E-state index is 12.3. The van der Waals surface area contributed by atoms with Gasteiger partial charge in [0.15, 0.2) is 0 Å². The van der Waals surface area contributed by atoms with E-state index in [1.54, 1.807) is 19.1 Å². The summed E-state index contributed by atoms with van der Waals surface area (Å²) >= 11 is 0. The molecule has 1 aliphatic heterocycles. The molecule has 6 heteroatoms. The average Bonchev–Trinajstić information content (AvgIpc) is 2.47. The number of aryl methyl sites for hydroxylation is 1. The van der Waals surface area contributed by atoms with Gasteiger partial charge in [0.1, 0.15) is 0 Å². The van der Waals surface area contributed by atoms with Crippen molar-refractivity contribution in [2.45, 2.75) is 31.3 Å². The lowest BCUT2D eigenvalue weighted by Crippen LogP contribution is -2.33. The SMILES string of the molecule is Cc1ccc(CO)cc1S(=O)(=O)NCC1CCCOC1. The lowest BCUT2D eigenvalue weighted by Gasteiger charge is -2.22. The van der Waals surface area contributed by atoms with E-state index in [-0.39, 0.29) is 17.4 Å². The standard InChI is InChI=1S/C14H21NO4S/c1-11-4-5-12(9-16)7-14(11)20(17,18)15-8-13-3-2-6-19-10-13/h4-5,7,13,15-16H,2-3,6,8-10H2,1H3. The first-order valence-electron chi connectivity index (χ1n) is 6.81. The second kappa shape index (κ2) is 6.67. The summed E-state index contributed by atoms with van der Waals surface area (Å²) in [6.45, 7) is 3.35. The van der Waals surface area contributed by atoms with E-state index in [1.165, 1.54) is 6.07 Å². The molecule has 0 spiro atoms. The smallest absolute Gasteiger partial charge is 0.240 e. The van der Waals surface area contributed by atoms with Gasteiger partial charge in [-0.05, 0) is 42.9 Å². The Hall–Kier alpha value is -0.950. The van der Waals surface area contributed by atoms with E-state index in [9.17, 15) is 8.42 Å². The predicted octanol–water partition coefficient (Wildman–Crippen LogP) is 1.19. The molecule has 0 amide bonds. The quantitative estimate of drug-likeness (QED) is 0.856. The molecular weight excluding hydrogens is 278 g/mol. The molecule has 5 nitrogen and oxygen atoms in total. The monoisotopic (exact) mass is 299 g/mol. The van der Waals surface area contributed by atoms with Gasteiger partial charge in [0.2, 0.25) is 10.0 Å². The maximum absolute atomic E-state index is 12.3. The number of sulfonamides is 1. The molecular formula is C14H21NO4S. The van der Waals surface area contributed by atoms with Crippen molar-refractivity contribution >= 4 is 10.0 Å². The highest BCUT2D eigenvalue weighted by Crippen LogP contribution is 2.18. The minimum absolute atomic E-state index is 0.167. The number of ether oxygens (including phenoxy) is 1. The number of benzene rings is 1. The van der Waals surface area contributed by atoms with Gasteiger partial charge in [-0.15, -0.1) is 0 Å². The summed E-state index contributed by atoms with van der Waals surface area (Å²) in [7, 11) is -3.54. The van der Waals surface area contributed by atoms with Crippen LogP contribution in [-0.2, 0) is 21.4 Å². The van der Waals surface area contributed by atoms with Gasteiger partial charge in [0.05, 0.1) is 18.1 Å². The fraction of sp³-hybridized carbons (Fsp3) is 0.571. The number of aliphatic hydroxyl groups is 1. The third kappa shape index (κ3) is 3.79. The number of hydrogen-bond donors (Lipinski definition) is 2. The largest absolute Gasteiger partial charge is 0.392 e. The van der Waals surface area contributed by atoms with Crippen molar-refractivity contribution in [1.29, 1.82) is 0 Å². The van der Waals surface area contributed by atoms with Crippen LogP contribution >= 0.6 is 0 Å². The maximum Gasteiger partial charge on any atom is 0.240 e. The Kier molecular flexibility index (Phi) is 5.15. The Bertz CT molecular complexity index is 550. The Morgan fingerprint density at radius 3 is 2.90 bits per heavy atom. The van der Waals surface area contributed by atoms with Crippen LogP contribution in [0.15, 0.2) is 23.1 Å². The zero-order valence-electron chi connectivity index (χ0n) is 11.6. The highest BCUT2D eigenvalue weighted by Gasteiger charge is 2.20. The lowest BCUT2D eigenvalue weighted by molar-refractivity contribution is 0.0568. The molecule has 0 radical (unpaired) electrons. The third-order valence-corrected chi connectivity index (χ3v) is 5.11. The van der Waals surface area contributed by atoms with E-state index in [4.69, 9.17) is 9.84 Å². The Labute approximate surface area is 120 Å². The van der Waals surface area contributed by atoms with Gasteiger partial charge in [0.25, 0.3) is 0 Å². The van der Waals surface area contributed by atoms with Gasteiger partial charge >= 0.3 is 0 Å². The second-order valence-corrected chi connectivity index (χ2v) is 6.93. The van der Waals surface area contributed by atoms with E-state index in [0.717, 1.165) is 19.4 Å². The van der Waals surface area contributed by atoms with Crippen LogP contribution in [0.3, 0.4) is 0 Å². The van der Waals surface area contributed by atoms with Crippen LogP contribution in [-0.4, -0.2) is 33.3 Å². The lowest BCUT2D eigenvalue weighted by atomic mass is 10.0.